The highest BCUT2D eigenvalue weighted by Gasteiger charge is 2.34. The molecule has 6 rings (SSSR count). The van der Waals surface area contributed by atoms with E-state index in [4.69, 9.17) is 9.72 Å². The van der Waals surface area contributed by atoms with Crippen LogP contribution in [0.15, 0.2) is 18.2 Å². The lowest BCUT2D eigenvalue weighted by molar-refractivity contribution is 0.0831. The zero-order chi connectivity index (χ0) is 20.8. The Kier molecular flexibility index (Phi) is 5.14. The van der Waals surface area contributed by atoms with E-state index < -0.39 is 0 Å². The Morgan fingerprint density at radius 2 is 2.06 bits per heavy atom. The van der Waals surface area contributed by atoms with Gasteiger partial charge in [-0.15, -0.1) is 10.2 Å². The van der Waals surface area contributed by atoms with E-state index >= 15 is 0 Å². The van der Waals surface area contributed by atoms with Gasteiger partial charge >= 0.3 is 0 Å². The zero-order valence-corrected chi connectivity index (χ0v) is 18.6. The third kappa shape index (κ3) is 3.63. The number of ether oxygens (including phenoxy) is 1. The Balaban J connectivity index is 1.25. The van der Waals surface area contributed by atoms with Gasteiger partial charge in [0.1, 0.15) is 5.82 Å². The maximum atomic E-state index is 5.55. The first-order chi connectivity index (χ1) is 15.3. The smallest absolute Gasteiger partial charge is 0.206 e. The number of nitrogens with one attached hydrogen (secondary N) is 3. The van der Waals surface area contributed by atoms with Crippen LogP contribution in [0, 0.1) is 5.92 Å². The predicted octanol–water partition coefficient (Wildman–Crippen LogP) is 3.04. The summed E-state index contributed by atoms with van der Waals surface area (Å²) in [6, 6.07) is 7.46. The third-order valence-electron chi connectivity index (χ3n) is 7.15. The molecule has 3 N–H and O–H groups in total. The molecule has 3 fully saturated rings. The van der Waals surface area contributed by atoms with Crippen molar-refractivity contribution >= 4 is 27.5 Å². The van der Waals surface area contributed by atoms with Crippen LogP contribution in [0.5, 0.6) is 0 Å². The van der Waals surface area contributed by atoms with Gasteiger partial charge in [-0.1, -0.05) is 17.4 Å². The van der Waals surface area contributed by atoms with Crippen LogP contribution in [0.25, 0.3) is 21.6 Å². The molecule has 4 heterocycles. The lowest BCUT2D eigenvalue weighted by Crippen LogP contribution is -2.39. The van der Waals surface area contributed by atoms with Gasteiger partial charge < -0.3 is 14.6 Å². The molecule has 0 spiro atoms. The minimum Gasteiger partial charge on any atom is -0.381 e. The van der Waals surface area contributed by atoms with E-state index in [1.807, 2.05) is 0 Å². The van der Waals surface area contributed by atoms with Crippen molar-refractivity contribution in [3.8, 4) is 10.6 Å². The molecular weight excluding hydrogens is 410 g/mol. The Hall–Kier alpha value is -2.07. The molecule has 31 heavy (non-hydrogen) atoms. The minimum atomic E-state index is 0.459. The van der Waals surface area contributed by atoms with Gasteiger partial charge in [0.2, 0.25) is 5.13 Å². The fourth-order valence-corrected chi connectivity index (χ4v) is 6.27. The van der Waals surface area contributed by atoms with Gasteiger partial charge in [-0.2, -0.15) is 0 Å². The molecule has 8 nitrogen and oxygen atoms in total. The molecule has 1 saturated carbocycles. The summed E-state index contributed by atoms with van der Waals surface area (Å²) in [5.41, 5.74) is 9.95. The normalized spacial score (nSPS) is 26.9. The van der Waals surface area contributed by atoms with E-state index in [1.165, 1.54) is 12.8 Å². The van der Waals surface area contributed by atoms with E-state index in [0.29, 0.717) is 23.9 Å². The van der Waals surface area contributed by atoms with Gasteiger partial charge in [-0.25, -0.2) is 4.98 Å². The summed E-state index contributed by atoms with van der Waals surface area (Å²) < 4.78 is 7.80. The number of imidazole rings is 1. The number of aryl methyl sites for hydroxylation is 1. The van der Waals surface area contributed by atoms with Gasteiger partial charge in [0, 0.05) is 50.4 Å². The SMILES string of the molecule is Cn1c(C2CCOCC2)nc2c(-c3nnc(NC4CCC5NNCC5C4)s3)cccc21. The molecule has 2 aromatic heterocycles. The molecule has 1 aromatic carbocycles. The fourth-order valence-electron chi connectivity index (χ4n) is 5.42. The molecular formula is C22H29N7OS. The second-order valence-electron chi connectivity index (χ2n) is 9.05. The van der Waals surface area contributed by atoms with Crippen LogP contribution < -0.4 is 16.2 Å². The quantitative estimate of drug-likeness (QED) is 0.576. The third-order valence-corrected chi connectivity index (χ3v) is 8.04. The van der Waals surface area contributed by atoms with Gasteiger partial charge in [0.05, 0.1) is 11.0 Å². The lowest BCUT2D eigenvalue weighted by Gasteiger charge is -2.30. The van der Waals surface area contributed by atoms with E-state index in [9.17, 15) is 0 Å². The number of rotatable bonds is 4. The number of fused-ring (bicyclic) bond motifs is 2. The summed E-state index contributed by atoms with van der Waals surface area (Å²) in [4.78, 5) is 5.09. The van der Waals surface area contributed by atoms with Crippen molar-refractivity contribution in [1.29, 1.82) is 0 Å². The molecule has 0 amide bonds. The van der Waals surface area contributed by atoms with Crippen molar-refractivity contribution in [2.24, 2.45) is 13.0 Å². The predicted molar refractivity (Wildman–Crippen MR) is 122 cm³/mol. The summed E-state index contributed by atoms with van der Waals surface area (Å²) in [5.74, 6) is 2.31. The lowest BCUT2D eigenvalue weighted by atomic mass is 9.83. The minimum absolute atomic E-state index is 0.459. The Morgan fingerprint density at radius 1 is 1.16 bits per heavy atom. The molecule has 0 bridgehead atoms. The van der Waals surface area contributed by atoms with Crippen molar-refractivity contribution in [3.05, 3.63) is 24.0 Å². The number of para-hydroxylation sites is 1. The largest absolute Gasteiger partial charge is 0.381 e. The summed E-state index contributed by atoms with van der Waals surface area (Å²) in [6.07, 6.45) is 5.60. The molecule has 3 atom stereocenters. The Bertz CT molecular complexity index is 1070. The standard InChI is InChI=1S/C22H29N7OS/c1-29-18-4-2-3-16(19(18)25-20(29)13-7-9-30-10-8-13)21-27-28-22(31-21)24-15-5-6-17-14(11-15)12-23-26-17/h2-4,13-15,17,23,26H,5-12H2,1H3,(H,24,28). The molecule has 2 saturated heterocycles. The average molecular weight is 440 g/mol. The van der Waals surface area contributed by atoms with E-state index in [2.05, 4.69) is 56.2 Å². The molecule has 3 aliphatic rings. The highest BCUT2D eigenvalue weighted by atomic mass is 32.1. The Labute approximate surface area is 185 Å². The average Bonchev–Trinajstić information content (AvgIpc) is 3.53. The summed E-state index contributed by atoms with van der Waals surface area (Å²) in [5, 5.41) is 14.5. The topological polar surface area (TPSA) is 88.9 Å². The number of nitrogens with zero attached hydrogens (tertiary/aromatic N) is 4. The molecule has 3 aromatic rings. The summed E-state index contributed by atoms with van der Waals surface area (Å²) in [6.45, 7) is 2.70. The fraction of sp³-hybridized carbons (Fsp3) is 0.591. The van der Waals surface area contributed by atoms with Crippen LogP contribution in [-0.4, -0.2) is 51.6 Å². The first kappa shape index (κ1) is 19.6. The Morgan fingerprint density at radius 3 is 2.97 bits per heavy atom. The van der Waals surface area contributed by atoms with Crippen molar-refractivity contribution in [2.75, 3.05) is 25.1 Å². The summed E-state index contributed by atoms with van der Waals surface area (Å²) in [7, 11) is 2.13. The molecule has 0 radical (unpaired) electrons. The molecule has 9 heteroatoms. The first-order valence-corrected chi connectivity index (χ1v) is 12.2. The van der Waals surface area contributed by atoms with Gasteiger partial charge in [-0.3, -0.25) is 10.9 Å². The van der Waals surface area contributed by atoms with Crippen LogP contribution in [-0.2, 0) is 11.8 Å². The number of anilines is 1. The summed E-state index contributed by atoms with van der Waals surface area (Å²) >= 11 is 1.64. The van der Waals surface area contributed by atoms with E-state index in [-0.39, 0.29) is 0 Å². The van der Waals surface area contributed by atoms with Crippen LogP contribution in [0.4, 0.5) is 5.13 Å². The van der Waals surface area contributed by atoms with Crippen molar-refractivity contribution in [1.82, 2.24) is 30.6 Å². The zero-order valence-electron chi connectivity index (χ0n) is 17.8. The van der Waals surface area contributed by atoms with Crippen LogP contribution >= 0.6 is 11.3 Å². The van der Waals surface area contributed by atoms with Gasteiger partial charge in [0.25, 0.3) is 0 Å². The number of benzene rings is 1. The van der Waals surface area contributed by atoms with Crippen LogP contribution in [0.1, 0.15) is 43.8 Å². The van der Waals surface area contributed by atoms with Crippen LogP contribution in [0.2, 0.25) is 0 Å². The first-order valence-electron chi connectivity index (χ1n) is 11.4. The molecule has 164 valence electrons. The van der Waals surface area contributed by atoms with Crippen molar-refractivity contribution in [2.45, 2.75) is 50.1 Å². The maximum absolute atomic E-state index is 5.55. The highest BCUT2D eigenvalue weighted by molar-refractivity contribution is 7.18. The number of aromatic nitrogens is 4. The monoisotopic (exact) mass is 439 g/mol. The number of hydrazine groups is 1. The van der Waals surface area contributed by atoms with E-state index in [1.54, 1.807) is 11.3 Å². The number of hydrogen-bond acceptors (Lipinski definition) is 8. The molecule has 2 aliphatic heterocycles. The maximum Gasteiger partial charge on any atom is 0.206 e. The van der Waals surface area contributed by atoms with Crippen molar-refractivity contribution in [3.63, 3.8) is 0 Å². The van der Waals surface area contributed by atoms with Gasteiger partial charge in [-0.05, 0) is 50.2 Å². The second-order valence-corrected chi connectivity index (χ2v) is 10.0. The van der Waals surface area contributed by atoms with Crippen molar-refractivity contribution < 1.29 is 4.74 Å². The molecule has 3 unspecified atom stereocenters. The van der Waals surface area contributed by atoms with Crippen LogP contribution in [0.3, 0.4) is 0 Å². The number of hydrogen-bond donors (Lipinski definition) is 3. The van der Waals surface area contributed by atoms with Gasteiger partial charge in [0.15, 0.2) is 5.01 Å². The second kappa shape index (κ2) is 8.12. The highest BCUT2D eigenvalue weighted by Crippen LogP contribution is 2.36. The van der Waals surface area contributed by atoms with E-state index in [0.717, 1.165) is 71.6 Å². The molecule has 1 aliphatic carbocycles.